The highest BCUT2D eigenvalue weighted by molar-refractivity contribution is 5.86. The van der Waals surface area contributed by atoms with Crippen LogP contribution in [0, 0.1) is 6.92 Å². The van der Waals surface area contributed by atoms with Crippen LogP contribution in [0.25, 0.3) is 10.9 Å². The number of carbonyl (C=O) groups is 1. The van der Waals surface area contributed by atoms with Crippen molar-refractivity contribution in [2.75, 3.05) is 19.6 Å². The molecule has 0 radical (unpaired) electrons. The Labute approximate surface area is 163 Å². The molecule has 8 heteroatoms. The molecule has 8 nitrogen and oxygen atoms in total. The van der Waals surface area contributed by atoms with Crippen LogP contribution in [0.5, 0.6) is 0 Å². The number of tetrazole rings is 1. The summed E-state index contributed by atoms with van der Waals surface area (Å²) in [6.45, 7) is 6.54. The second kappa shape index (κ2) is 7.01. The Morgan fingerprint density at radius 2 is 2.07 bits per heavy atom. The van der Waals surface area contributed by atoms with E-state index in [0.29, 0.717) is 13.1 Å². The first-order valence-corrected chi connectivity index (χ1v) is 10.0. The fourth-order valence-corrected chi connectivity index (χ4v) is 4.37. The van der Waals surface area contributed by atoms with Gasteiger partial charge in [0.25, 0.3) is 0 Å². The molecule has 0 unspecified atom stereocenters. The fraction of sp³-hybridized carbons (Fsp3) is 0.500. The van der Waals surface area contributed by atoms with Crippen molar-refractivity contribution in [1.82, 2.24) is 35.0 Å². The summed E-state index contributed by atoms with van der Waals surface area (Å²) in [7, 11) is 0. The Morgan fingerprint density at radius 1 is 1.21 bits per heavy atom. The van der Waals surface area contributed by atoms with Crippen LogP contribution in [-0.2, 0) is 30.8 Å². The molecule has 146 valence electrons. The van der Waals surface area contributed by atoms with Crippen molar-refractivity contribution < 1.29 is 4.79 Å². The third-order valence-electron chi connectivity index (χ3n) is 5.94. The number of benzene rings is 1. The first kappa shape index (κ1) is 17.4. The molecule has 4 heterocycles. The molecule has 2 aromatic heterocycles. The molecule has 1 amide bonds. The number of fused-ring (bicyclic) bond motifs is 3. The minimum Gasteiger partial charge on any atom is -0.358 e. The van der Waals surface area contributed by atoms with Gasteiger partial charge in [0.2, 0.25) is 5.91 Å². The molecule has 0 bridgehead atoms. The van der Waals surface area contributed by atoms with Gasteiger partial charge in [-0.2, -0.15) is 0 Å². The summed E-state index contributed by atoms with van der Waals surface area (Å²) in [6.07, 6.45) is 3.30. The maximum Gasteiger partial charge on any atom is 0.244 e. The maximum atomic E-state index is 13.0. The molecule has 28 heavy (non-hydrogen) atoms. The number of hydrogen-bond acceptors (Lipinski definition) is 5. The molecule has 1 N–H and O–H groups in total. The number of nitrogens with one attached hydrogen (secondary N) is 1. The zero-order chi connectivity index (χ0) is 19.1. The summed E-state index contributed by atoms with van der Waals surface area (Å²) >= 11 is 0. The lowest BCUT2D eigenvalue weighted by Crippen LogP contribution is -2.38. The second-order valence-electron chi connectivity index (χ2n) is 7.93. The third kappa shape index (κ3) is 3.17. The Hall–Kier alpha value is -2.74. The van der Waals surface area contributed by atoms with Gasteiger partial charge in [0.1, 0.15) is 6.54 Å². The Morgan fingerprint density at radius 3 is 2.93 bits per heavy atom. The largest absolute Gasteiger partial charge is 0.358 e. The third-order valence-corrected chi connectivity index (χ3v) is 5.94. The van der Waals surface area contributed by atoms with Crippen molar-refractivity contribution in [3.8, 4) is 0 Å². The van der Waals surface area contributed by atoms with Crippen molar-refractivity contribution in [2.45, 2.75) is 45.8 Å². The van der Waals surface area contributed by atoms with Crippen LogP contribution in [0.3, 0.4) is 0 Å². The van der Waals surface area contributed by atoms with Gasteiger partial charge in [0, 0.05) is 41.7 Å². The van der Waals surface area contributed by atoms with Crippen LogP contribution in [0.2, 0.25) is 0 Å². The van der Waals surface area contributed by atoms with Crippen LogP contribution in [0.1, 0.15) is 35.5 Å². The molecule has 2 aliphatic rings. The van der Waals surface area contributed by atoms with E-state index in [-0.39, 0.29) is 12.5 Å². The molecule has 3 aromatic rings. The van der Waals surface area contributed by atoms with Gasteiger partial charge >= 0.3 is 0 Å². The van der Waals surface area contributed by atoms with Crippen LogP contribution in [0.15, 0.2) is 18.2 Å². The number of likely N-dealkylation sites (tertiary alicyclic amines) is 1. The van der Waals surface area contributed by atoms with Crippen LogP contribution >= 0.6 is 0 Å². The van der Waals surface area contributed by atoms with Crippen LogP contribution in [-0.4, -0.2) is 60.5 Å². The number of H-pyrrole nitrogens is 1. The van der Waals surface area contributed by atoms with E-state index < -0.39 is 0 Å². The number of aryl methyl sites for hydroxylation is 1. The van der Waals surface area contributed by atoms with Crippen molar-refractivity contribution >= 4 is 16.8 Å². The molecule has 1 saturated heterocycles. The van der Waals surface area contributed by atoms with E-state index in [0.717, 1.165) is 37.4 Å². The van der Waals surface area contributed by atoms with Gasteiger partial charge in [-0.3, -0.25) is 9.69 Å². The quantitative estimate of drug-likeness (QED) is 0.745. The second-order valence-corrected chi connectivity index (χ2v) is 7.93. The summed E-state index contributed by atoms with van der Waals surface area (Å²) < 4.78 is 1.66. The van der Waals surface area contributed by atoms with Crippen molar-refractivity contribution in [1.29, 1.82) is 0 Å². The molecule has 0 saturated carbocycles. The lowest BCUT2D eigenvalue weighted by molar-refractivity contribution is -0.133. The molecule has 5 rings (SSSR count). The summed E-state index contributed by atoms with van der Waals surface area (Å²) in [5.74, 6) is 0.846. The highest BCUT2D eigenvalue weighted by Gasteiger charge is 2.25. The zero-order valence-corrected chi connectivity index (χ0v) is 16.2. The van der Waals surface area contributed by atoms with Crippen molar-refractivity contribution in [3.63, 3.8) is 0 Å². The van der Waals surface area contributed by atoms with E-state index >= 15 is 0 Å². The van der Waals surface area contributed by atoms with Gasteiger partial charge in [-0.25, -0.2) is 4.68 Å². The number of nitrogens with zero attached hydrogens (tertiary/aromatic N) is 6. The molecular weight excluding hydrogens is 354 g/mol. The summed E-state index contributed by atoms with van der Waals surface area (Å²) in [5.41, 5.74) is 4.88. The van der Waals surface area contributed by atoms with Gasteiger partial charge in [0.05, 0.1) is 6.54 Å². The number of rotatable bonds is 4. The smallest absolute Gasteiger partial charge is 0.244 e. The standard InChI is InChI=1S/C20H25N7O/c1-14-4-5-17-15(10-14)16-11-26(9-6-18(16)21-17)20(28)13-27-19(22-23-24-27)12-25-7-2-3-8-25/h4-5,10,21H,2-3,6-9,11-13H2,1H3. The lowest BCUT2D eigenvalue weighted by atomic mass is 10.0. The van der Waals surface area contributed by atoms with Crippen molar-refractivity contribution in [2.24, 2.45) is 0 Å². The highest BCUT2D eigenvalue weighted by atomic mass is 16.2. The number of hydrogen-bond donors (Lipinski definition) is 1. The highest BCUT2D eigenvalue weighted by Crippen LogP contribution is 2.28. The molecule has 1 fully saturated rings. The first-order valence-electron chi connectivity index (χ1n) is 10.0. The summed E-state index contributed by atoms with van der Waals surface area (Å²) in [5, 5.41) is 13.2. The van der Waals surface area contributed by atoms with Gasteiger partial charge in [0.15, 0.2) is 5.82 Å². The Kier molecular flexibility index (Phi) is 4.35. The van der Waals surface area contributed by atoms with E-state index in [9.17, 15) is 4.79 Å². The van der Waals surface area contributed by atoms with Gasteiger partial charge in [-0.1, -0.05) is 11.6 Å². The zero-order valence-electron chi connectivity index (χ0n) is 16.2. The van der Waals surface area contributed by atoms with Crippen molar-refractivity contribution in [3.05, 3.63) is 40.8 Å². The SMILES string of the molecule is Cc1ccc2[nH]c3c(c2c1)CN(C(=O)Cn1nnnc1CN1CCCC1)CC3. The predicted molar refractivity (Wildman–Crippen MR) is 104 cm³/mol. The topological polar surface area (TPSA) is 82.9 Å². The lowest BCUT2D eigenvalue weighted by Gasteiger charge is -2.27. The van der Waals surface area contributed by atoms with Crippen LogP contribution in [0.4, 0.5) is 0 Å². The molecule has 2 aliphatic heterocycles. The number of carbonyl (C=O) groups excluding carboxylic acids is 1. The summed E-state index contributed by atoms with van der Waals surface area (Å²) in [4.78, 5) is 20.8. The monoisotopic (exact) mass is 379 g/mol. The predicted octanol–water partition coefficient (Wildman–Crippen LogP) is 1.64. The average Bonchev–Trinajstić information content (AvgIpc) is 3.42. The summed E-state index contributed by atoms with van der Waals surface area (Å²) in [6, 6.07) is 6.45. The average molecular weight is 379 g/mol. The molecule has 0 atom stereocenters. The molecule has 0 spiro atoms. The fourth-order valence-electron chi connectivity index (χ4n) is 4.37. The van der Waals surface area contributed by atoms with E-state index in [1.54, 1.807) is 4.68 Å². The Balaban J connectivity index is 1.31. The minimum atomic E-state index is 0.0719. The molecule has 1 aromatic carbocycles. The number of aromatic nitrogens is 5. The maximum absolute atomic E-state index is 13.0. The van der Waals surface area contributed by atoms with Gasteiger partial charge in [-0.05, 0) is 55.4 Å². The normalized spacial score (nSPS) is 17.4. The first-order chi connectivity index (χ1) is 13.7. The van der Waals surface area contributed by atoms with E-state index in [2.05, 4.69) is 50.5 Å². The van der Waals surface area contributed by atoms with E-state index in [1.807, 2.05) is 4.90 Å². The molecular formula is C20H25N7O. The molecule has 0 aliphatic carbocycles. The Bertz CT molecular complexity index is 1010. The van der Waals surface area contributed by atoms with Gasteiger partial charge in [-0.15, -0.1) is 5.10 Å². The number of amides is 1. The minimum absolute atomic E-state index is 0.0719. The van der Waals surface area contributed by atoms with Gasteiger partial charge < -0.3 is 9.88 Å². The van der Waals surface area contributed by atoms with Crippen LogP contribution < -0.4 is 0 Å². The van der Waals surface area contributed by atoms with E-state index in [1.165, 1.54) is 35.0 Å². The number of aromatic amines is 1. The van der Waals surface area contributed by atoms with E-state index in [4.69, 9.17) is 0 Å².